The van der Waals surface area contributed by atoms with E-state index in [1.54, 1.807) is 42.7 Å². The smallest absolute Gasteiger partial charge is 0.384 e. The monoisotopic (exact) mass is 587 g/mol. The van der Waals surface area contributed by atoms with Crippen molar-refractivity contribution < 1.29 is 36.2 Å². The molecule has 1 heterocycles. The summed E-state index contributed by atoms with van der Waals surface area (Å²) in [6.07, 6.45) is -6.41. The largest absolute Gasteiger partial charge is 0.416 e. The normalized spacial score (nSPS) is 12.4. The van der Waals surface area contributed by atoms with Crippen molar-refractivity contribution in [1.29, 1.82) is 0 Å². The van der Waals surface area contributed by atoms with E-state index in [9.17, 15) is 31.4 Å². The first-order valence-corrected chi connectivity index (χ1v) is 12.0. The third kappa shape index (κ3) is 9.25. The van der Waals surface area contributed by atoms with Gasteiger partial charge < -0.3 is 9.84 Å². The van der Waals surface area contributed by atoms with Crippen LogP contribution in [0.25, 0.3) is 0 Å². The lowest BCUT2D eigenvalue weighted by atomic mass is 10.0. The molecular formula is C28H21Cl2F6NO2. The molecule has 0 saturated heterocycles. The highest BCUT2D eigenvalue weighted by atomic mass is 35.5. The van der Waals surface area contributed by atoms with Crippen molar-refractivity contribution in [2.24, 2.45) is 0 Å². The Labute approximate surface area is 230 Å². The number of halogens is 8. The summed E-state index contributed by atoms with van der Waals surface area (Å²) in [5, 5.41) is 11.1. The van der Waals surface area contributed by atoms with Crippen LogP contribution in [0.2, 0.25) is 10.0 Å². The van der Waals surface area contributed by atoms with E-state index in [0.717, 1.165) is 24.3 Å². The number of ether oxygens (including phenoxy) is 1. The van der Waals surface area contributed by atoms with Crippen LogP contribution in [-0.4, -0.2) is 10.1 Å². The lowest BCUT2D eigenvalue weighted by molar-refractivity contribution is -0.138. The van der Waals surface area contributed by atoms with Gasteiger partial charge in [0.15, 0.2) is 0 Å². The molecule has 3 aromatic carbocycles. The topological polar surface area (TPSA) is 42.4 Å². The third-order valence-corrected chi connectivity index (χ3v) is 5.87. The average Bonchev–Trinajstić information content (AvgIpc) is 2.89. The summed E-state index contributed by atoms with van der Waals surface area (Å²) >= 11 is 11.8. The van der Waals surface area contributed by atoms with Crippen LogP contribution in [0.3, 0.4) is 0 Å². The van der Waals surface area contributed by atoms with E-state index >= 15 is 0 Å². The first-order chi connectivity index (χ1) is 18.3. The zero-order valence-corrected chi connectivity index (χ0v) is 21.5. The number of aliphatic hydroxyl groups excluding tert-OH is 1. The maximum absolute atomic E-state index is 12.6. The molecule has 4 aromatic rings. The molecular weight excluding hydrogens is 567 g/mol. The maximum atomic E-state index is 12.6. The van der Waals surface area contributed by atoms with Crippen LogP contribution in [-0.2, 0) is 30.3 Å². The van der Waals surface area contributed by atoms with Gasteiger partial charge in [0, 0.05) is 33.6 Å². The number of benzene rings is 3. The van der Waals surface area contributed by atoms with Gasteiger partial charge in [0.25, 0.3) is 0 Å². The second kappa shape index (κ2) is 13.3. The number of hydrogen-bond donors (Lipinski definition) is 1. The number of rotatable bonds is 6. The van der Waals surface area contributed by atoms with E-state index in [-0.39, 0.29) is 13.2 Å². The van der Waals surface area contributed by atoms with Crippen LogP contribution in [0.4, 0.5) is 26.3 Å². The summed E-state index contributed by atoms with van der Waals surface area (Å²) in [5.41, 5.74) is 0.333. The van der Waals surface area contributed by atoms with Crippen LogP contribution in [0.5, 0.6) is 0 Å². The first kappa shape index (κ1) is 30.4. The number of aromatic nitrogens is 1. The molecule has 0 aliphatic heterocycles. The van der Waals surface area contributed by atoms with E-state index < -0.39 is 29.6 Å². The molecule has 1 N–H and O–H groups in total. The lowest BCUT2D eigenvalue weighted by Crippen LogP contribution is -2.06. The molecule has 1 unspecified atom stereocenters. The number of aliphatic hydroxyl groups is 1. The van der Waals surface area contributed by atoms with Crippen molar-refractivity contribution in [3.05, 3.63) is 135 Å². The van der Waals surface area contributed by atoms with Gasteiger partial charge in [-0.25, -0.2) is 0 Å². The second-order valence-corrected chi connectivity index (χ2v) is 9.09. The second-order valence-electron chi connectivity index (χ2n) is 8.24. The number of alkyl halides is 6. The molecule has 0 aliphatic carbocycles. The number of pyridine rings is 1. The quantitative estimate of drug-likeness (QED) is 0.229. The summed E-state index contributed by atoms with van der Waals surface area (Å²) in [7, 11) is 0. The Hall–Kier alpha value is -3.11. The molecule has 4 rings (SSSR count). The van der Waals surface area contributed by atoms with Crippen LogP contribution in [0.1, 0.15) is 39.5 Å². The molecule has 11 heteroatoms. The standard InChI is InChI=1S/C16H12F6O.C12H9Cl2NO/c17-15(18,19)13-5-1-3-11(7-13)9-23-10-12-4-2-6-14(8-12)16(20,21)22;13-9-3-4-10(11(14)6-9)12(16)8-2-1-5-15-7-8/h1-8H,9-10H2;1-7,12,16H. The molecule has 0 bridgehead atoms. The van der Waals surface area contributed by atoms with Crippen LogP contribution in [0.15, 0.2) is 91.3 Å². The zero-order chi connectivity index (χ0) is 28.6. The molecule has 0 saturated carbocycles. The summed E-state index contributed by atoms with van der Waals surface area (Å²) < 4.78 is 80.6. The van der Waals surface area contributed by atoms with Gasteiger partial charge in [-0.05, 0) is 53.6 Å². The van der Waals surface area contributed by atoms with Gasteiger partial charge in [0.2, 0.25) is 0 Å². The zero-order valence-electron chi connectivity index (χ0n) is 20.0. The Kier molecular flexibility index (Phi) is 10.4. The Balaban J connectivity index is 0.000000230. The number of nitrogens with zero attached hydrogens (tertiary/aromatic N) is 1. The summed E-state index contributed by atoms with van der Waals surface area (Å²) in [4.78, 5) is 3.95. The van der Waals surface area contributed by atoms with E-state index in [1.807, 2.05) is 0 Å². The molecule has 1 aromatic heterocycles. The molecule has 0 spiro atoms. The van der Waals surface area contributed by atoms with Crippen molar-refractivity contribution in [2.75, 3.05) is 0 Å². The summed E-state index contributed by atoms with van der Waals surface area (Å²) in [6, 6.07) is 17.8. The maximum Gasteiger partial charge on any atom is 0.416 e. The highest BCUT2D eigenvalue weighted by Crippen LogP contribution is 2.32. The Bertz CT molecular complexity index is 1310. The molecule has 0 radical (unpaired) electrons. The first-order valence-electron chi connectivity index (χ1n) is 11.3. The van der Waals surface area contributed by atoms with Crippen molar-refractivity contribution in [3.63, 3.8) is 0 Å². The number of hydrogen-bond acceptors (Lipinski definition) is 3. The molecule has 3 nitrogen and oxygen atoms in total. The minimum atomic E-state index is -4.45. The molecule has 1 atom stereocenters. The fraction of sp³-hybridized carbons (Fsp3) is 0.179. The summed E-state index contributed by atoms with van der Waals surface area (Å²) in [6.45, 7) is -0.250. The van der Waals surface area contributed by atoms with Gasteiger partial charge in [-0.2, -0.15) is 26.3 Å². The van der Waals surface area contributed by atoms with E-state index in [2.05, 4.69) is 4.98 Å². The van der Waals surface area contributed by atoms with Gasteiger partial charge in [0.1, 0.15) is 6.10 Å². The molecule has 39 heavy (non-hydrogen) atoms. The Morgan fingerprint density at radius 3 is 1.77 bits per heavy atom. The fourth-order valence-corrected chi connectivity index (χ4v) is 3.91. The Morgan fingerprint density at radius 1 is 0.744 bits per heavy atom. The highest BCUT2D eigenvalue weighted by Gasteiger charge is 2.31. The van der Waals surface area contributed by atoms with Gasteiger partial charge in [0.05, 0.1) is 24.3 Å². The summed E-state index contributed by atoms with van der Waals surface area (Å²) in [5.74, 6) is 0. The molecule has 206 valence electrons. The average molecular weight is 588 g/mol. The van der Waals surface area contributed by atoms with Crippen molar-refractivity contribution in [2.45, 2.75) is 31.7 Å². The molecule has 0 fully saturated rings. The molecule has 0 amide bonds. The van der Waals surface area contributed by atoms with Crippen LogP contribution < -0.4 is 0 Å². The minimum Gasteiger partial charge on any atom is -0.384 e. The van der Waals surface area contributed by atoms with Crippen LogP contribution in [0, 0.1) is 0 Å². The van der Waals surface area contributed by atoms with E-state index in [1.165, 1.54) is 24.3 Å². The van der Waals surface area contributed by atoms with Crippen molar-refractivity contribution >= 4 is 23.2 Å². The Morgan fingerprint density at radius 2 is 1.31 bits per heavy atom. The third-order valence-electron chi connectivity index (χ3n) is 5.30. The predicted octanol–water partition coefficient (Wildman–Crippen LogP) is 8.91. The van der Waals surface area contributed by atoms with Gasteiger partial charge in [-0.3, -0.25) is 4.98 Å². The van der Waals surface area contributed by atoms with Gasteiger partial charge in [-0.15, -0.1) is 0 Å². The van der Waals surface area contributed by atoms with E-state index in [0.29, 0.717) is 32.3 Å². The van der Waals surface area contributed by atoms with Crippen LogP contribution >= 0.6 is 23.2 Å². The van der Waals surface area contributed by atoms with Crippen molar-refractivity contribution in [1.82, 2.24) is 4.98 Å². The predicted molar refractivity (Wildman–Crippen MR) is 136 cm³/mol. The SMILES string of the molecule is FC(F)(F)c1cccc(COCc2cccc(C(F)(F)F)c2)c1.OC(c1cccnc1)c1ccc(Cl)cc1Cl. The van der Waals surface area contributed by atoms with Crippen molar-refractivity contribution in [3.8, 4) is 0 Å². The van der Waals surface area contributed by atoms with E-state index in [4.69, 9.17) is 27.9 Å². The van der Waals surface area contributed by atoms with Gasteiger partial charge in [-0.1, -0.05) is 59.6 Å². The lowest BCUT2D eigenvalue weighted by Gasteiger charge is -2.12. The minimum absolute atomic E-state index is 0.125. The van der Waals surface area contributed by atoms with Gasteiger partial charge >= 0.3 is 12.4 Å². The highest BCUT2D eigenvalue weighted by molar-refractivity contribution is 6.35. The molecule has 0 aliphatic rings. The fourth-order valence-electron chi connectivity index (χ4n) is 3.40.